The molecular formula is C12H16FNS. The van der Waals surface area contributed by atoms with E-state index >= 15 is 0 Å². The summed E-state index contributed by atoms with van der Waals surface area (Å²) in [6.45, 7) is 4.40. The van der Waals surface area contributed by atoms with E-state index in [1.54, 1.807) is 12.1 Å². The molecule has 1 atom stereocenters. The fourth-order valence-electron chi connectivity index (χ4n) is 2.22. The Kier molecular flexibility index (Phi) is 2.77. The van der Waals surface area contributed by atoms with Gasteiger partial charge >= 0.3 is 0 Å². The molecule has 0 bridgehead atoms. The van der Waals surface area contributed by atoms with Gasteiger partial charge < -0.3 is 5.32 Å². The van der Waals surface area contributed by atoms with Crippen molar-refractivity contribution in [3.63, 3.8) is 0 Å². The molecule has 0 spiro atoms. The zero-order valence-electron chi connectivity index (χ0n) is 9.30. The summed E-state index contributed by atoms with van der Waals surface area (Å²) in [4.78, 5) is 0. The van der Waals surface area contributed by atoms with Gasteiger partial charge in [0.15, 0.2) is 0 Å². The minimum Gasteiger partial charge on any atom is -0.312 e. The van der Waals surface area contributed by atoms with Crippen LogP contribution < -0.4 is 5.32 Å². The predicted octanol–water partition coefficient (Wildman–Crippen LogP) is 3.11. The van der Waals surface area contributed by atoms with Crippen molar-refractivity contribution in [2.24, 2.45) is 0 Å². The van der Waals surface area contributed by atoms with Gasteiger partial charge in [-0.25, -0.2) is 4.39 Å². The van der Waals surface area contributed by atoms with Gasteiger partial charge in [-0.1, -0.05) is 12.1 Å². The average molecular weight is 225 g/mol. The van der Waals surface area contributed by atoms with Gasteiger partial charge in [0.25, 0.3) is 0 Å². The minimum atomic E-state index is -0.0734. The van der Waals surface area contributed by atoms with E-state index < -0.39 is 0 Å². The van der Waals surface area contributed by atoms with E-state index in [4.69, 9.17) is 0 Å². The maximum absolute atomic E-state index is 13.6. The van der Waals surface area contributed by atoms with E-state index in [9.17, 15) is 4.39 Å². The highest BCUT2D eigenvalue weighted by Gasteiger charge is 2.36. The van der Waals surface area contributed by atoms with Crippen LogP contribution in [-0.2, 0) is 5.75 Å². The fourth-order valence-corrected chi connectivity index (χ4v) is 3.45. The molecule has 0 aliphatic carbocycles. The molecular weight excluding hydrogens is 209 g/mol. The third-order valence-corrected chi connectivity index (χ3v) is 4.45. The maximum atomic E-state index is 13.6. The summed E-state index contributed by atoms with van der Waals surface area (Å²) in [5, 5.41) is 3.29. The van der Waals surface area contributed by atoms with E-state index in [0.717, 1.165) is 16.9 Å². The zero-order chi connectivity index (χ0) is 11.1. The van der Waals surface area contributed by atoms with Gasteiger partial charge in [0, 0.05) is 22.1 Å². The molecule has 2 rings (SSSR count). The largest absolute Gasteiger partial charge is 0.312 e. The lowest BCUT2D eigenvalue weighted by Gasteiger charge is -2.39. The van der Waals surface area contributed by atoms with E-state index in [-0.39, 0.29) is 16.6 Å². The Hall–Kier alpha value is -0.540. The normalized spacial score (nSPS) is 23.6. The summed E-state index contributed by atoms with van der Waals surface area (Å²) in [7, 11) is 1.94. The molecule has 1 aromatic rings. The highest BCUT2D eigenvalue weighted by atomic mass is 32.2. The number of fused-ring (bicyclic) bond motifs is 1. The zero-order valence-corrected chi connectivity index (χ0v) is 10.1. The summed E-state index contributed by atoms with van der Waals surface area (Å²) < 4.78 is 13.7. The fraction of sp³-hybridized carbons (Fsp3) is 0.500. The van der Waals surface area contributed by atoms with Crippen molar-refractivity contribution < 1.29 is 4.39 Å². The molecule has 15 heavy (non-hydrogen) atoms. The number of benzene rings is 1. The lowest BCUT2D eigenvalue weighted by molar-refractivity contribution is 0.468. The summed E-state index contributed by atoms with van der Waals surface area (Å²) in [6, 6.07) is 5.60. The second kappa shape index (κ2) is 3.80. The lowest BCUT2D eigenvalue weighted by Crippen LogP contribution is -2.38. The van der Waals surface area contributed by atoms with Gasteiger partial charge in [0.1, 0.15) is 5.82 Å². The topological polar surface area (TPSA) is 12.0 Å². The van der Waals surface area contributed by atoms with Crippen LogP contribution in [0.15, 0.2) is 18.2 Å². The number of nitrogens with one attached hydrogen (secondary N) is 1. The van der Waals surface area contributed by atoms with Crippen LogP contribution in [0.2, 0.25) is 0 Å². The highest BCUT2D eigenvalue weighted by molar-refractivity contribution is 8.00. The number of rotatable bonds is 1. The van der Waals surface area contributed by atoms with Gasteiger partial charge in [0.2, 0.25) is 0 Å². The third kappa shape index (κ3) is 1.79. The van der Waals surface area contributed by atoms with Crippen molar-refractivity contribution in [1.82, 2.24) is 5.32 Å². The van der Waals surface area contributed by atoms with Crippen molar-refractivity contribution in [2.75, 3.05) is 7.05 Å². The van der Waals surface area contributed by atoms with E-state index in [1.165, 1.54) is 0 Å². The average Bonchev–Trinajstić information content (AvgIpc) is 2.16. The molecule has 82 valence electrons. The molecule has 1 N–H and O–H groups in total. The first-order chi connectivity index (χ1) is 7.06. The molecule has 1 aliphatic heterocycles. The highest BCUT2D eigenvalue weighted by Crippen LogP contribution is 2.45. The lowest BCUT2D eigenvalue weighted by atomic mass is 9.91. The summed E-state index contributed by atoms with van der Waals surface area (Å²) in [6.07, 6.45) is 0. The summed E-state index contributed by atoms with van der Waals surface area (Å²) >= 11 is 1.81. The van der Waals surface area contributed by atoms with Gasteiger partial charge in [-0.15, -0.1) is 11.8 Å². The Morgan fingerprint density at radius 3 is 2.87 bits per heavy atom. The van der Waals surface area contributed by atoms with Crippen LogP contribution in [-0.4, -0.2) is 11.8 Å². The smallest absolute Gasteiger partial charge is 0.127 e. The number of thioether (sulfide) groups is 1. The number of hydrogen-bond acceptors (Lipinski definition) is 2. The summed E-state index contributed by atoms with van der Waals surface area (Å²) in [5.41, 5.74) is 1.97. The van der Waals surface area contributed by atoms with Crippen LogP contribution in [0.3, 0.4) is 0 Å². The Morgan fingerprint density at radius 1 is 1.47 bits per heavy atom. The molecule has 1 aromatic carbocycles. The quantitative estimate of drug-likeness (QED) is 0.788. The Balaban J connectivity index is 2.51. The maximum Gasteiger partial charge on any atom is 0.127 e. The molecule has 0 radical (unpaired) electrons. The standard InChI is InChI=1S/C12H16FNS/c1-12(2)11(14-3)8-5-4-6-10(13)9(8)7-15-12/h4-6,11,14H,7H2,1-3H3. The second-order valence-electron chi connectivity index (χ2n) is 4.42. The van der Waals surface area contributed by atoms with Crippen molar-refractivity contribution in [1.29, 1.82) is 0 Å². The molecule has 3 heteroatoms. The third-order valence-electron chi connectivity index (χ3n) is 3.04. The van der Waals surface area contributed by atoms with Crippen LogP contribution in [0.1, 0.15) is 31.0 Å². The van der Waals surface area contributed by atoms with E-state index in [0.29, 0.717) is 0 Å². The molecule has 0 amide bonds. The summed E-state index contributed by atoms with van der Waals surface area (Å²) in [5.74, 6) is 0.698. The minimum absolute atomic E-state index is 0.0734. The Bertz CT molecular complexity index is 376. The molecule has 1 nitrogen and oxygen atoms in total. The van der Waals surface area contributed by atoms with Gasteiger partial charge in [-0.2, -0.15) is 0 Å². The first-order valence-corrected chi connectivity index (χ1v) is 6.13. The van der Waals surface area contributed by atoms with Gasteiger partial charge in [-0.3, -0.25) is 0 Å². The van der Waals surface area contributed by atoms with Crippen LogP contribution in [0.5, 0.6) is 0 Å². The SMILES string of the molecule is CNC1c2cccc(F)c2CSC1(C)C. The molecule has 0 fully saturated rings. The molecule has 1 heterocycles. The van der Waals surface area contributed by atoms with Crippen LogP contribution in [0.4, 0.5) is 4.39 Å². The van der Waals surface area contributed by atoms with E-state index in [1.807, 2.05) is 24.9 Å². The van der Waals surface area contributed by atoms with E-state index in [2.05, 4.69) is 19.2 Å². The molecule has 0 saturated heterocycles. The molecule has 1 unspecified atom stereocenters. The molecule has 0 aromatic heterocycles. The van der Waals surface area contributed by atoms with Crippen LogP contribution in [0, 0.1) is 5.82 Å². The second-order valence-corrected chi connectivity index (χ2v) is 6.05. The number of halogens is 1. The van der Waals surface area contributed by atoms with Crippen LogP contribution >= 0.6 is 11.8 Å². The first kappa shape index (κ1) is 11.0. The van der Waals surface area contributed by atoms with Gasteiger partial charge in [0.05, 0.1) is 0 Å². The van der Waals surface area contributed by atoms with Crippen molar-refractivity contribution in [2.45, 2.75) is 30.4 Å². The Morgan fingerprint density at radius 2 is 2.20 bits per heavy atom. The molecule has 0 saturated carbocycles. The van der Waals surface area contributed by atoms with Crippen molar-refractivity contribution in [3.8, 4) is 0 Å². The van der Waals surface area contributed by atoms with Crippen molar-refractivity contribution in [3.05, 3.63) is 35.1 Å². The van der Waals surface area contributed by atoms with Gasteiger partial charge in [-0.05, 0) is 32.5 Å². The number of hydrogen-bond donors (Lipinski definition) is 1. The Labute approximate surface area is 94.5 Å². The van der Waals surface area contributed by atoms with Crippen molar-refractivity contribution >= 4 is 11.8 Å². The molecule has 1 aliphatic rings. The predicted molar refractivity (Wildman–Crippen MR) is 63.6 cm³/mol. The first-order valence-electron chi connectivity index (χ1n) is 5.15. The monoisotopic (exact) mass is 225 g/mol. The van der Waals surface area contributed by atoms with Crippen LogP contribution in [0.25, 0.3) is 0 Å².